The van der Waals surface area contributed by atoms with E-state index in [2.05, 4.69) is 10.4 Å². The van der Waals surface area contributed by atoms with Crippen molar-refractivity contribution in [3.63, 3.8) is 0 Å². The van der Waals surface area contributed by atoms with Gasteiger partial charge in [0.05, 0.1) is 28.3 Å². The predicted molar refractivity (Wildman–Crippen MR) is 100 cm³/mol. The first-order valence-electron chi connectivity index (χ1n) is 8.42. The molecule has 0 aliphatic carbocycles. The SMILES string of the molecule is CCn1ccc(CNC(=O)c2ccc(COc3cc([N+](=O)[O-])ccc3Cl)o2)n1. The van der Waals surface area contributed by atoms with E-state index in [0.717, 1.165) is 12.2 Å². The van der Waals surface area contributed by atoms with E-state index in [1.807, 2.05) is 19.2 Å². The molecule has 0 bridgehead atoms. The van der Waals surface area contributed by atoms with E-state index < -0.39 is 4.92 Å². The van der Waals surface area contributed by atoms with Gasteiger partial charge in [0.15, 0.2) is 5.76 Å². The summed E-state index contributed by atoms with van der Waals surface area (Å²) in [6.07, 6.45) is 1.84. The molecule has 0 aliphatic rings. The van der Waals surface area contributed by atoms with Crippen LogP contribution in [0.2, 0.25) is 5.02 Å². The maximum Gasteiger partial charge on any atom is 0.287 e. The van der Waals surface area contributed by atoms with Gasteiger partial charge in [-0.2, -0.15) is 5.10 Å². The Bertz CT molecular complexity index is 998. The predicted octanol–water partition coefficient (Wildman–Crippen LogP) is 3.57. The van der Waals surface area contributed by atoms with Crippen LogP contribution in [0.4, 0.5) is 5.69 Å². The molecule has 1 N–H and O–H groups in total. The van der Waals surface area contributed by atoms with Gasteiger partial charge in [0.2, 0.25) is 0 Å². The number of amides is 1. The molecule has 0 aliphatic heterocycles. The molecule has 0 saturated carbocycles. The van der Waals surface area contributed by atoms with Gasteiger partial charge in [-0.1, -0.05) is 11.6 Å². The third kappa shape index (κ3) is 4.68. The molecule has 0 atom stereocenters. The fourth-order valence-corrected chi connectivity index (χ4v) is 2.55. The summed E-state index contributed by atoms with van der Waals surface area (Å²) in [5, 5.41) is 18.1. The number of non-ortho nitro benzene ring substituents is 1. The van der Waals surface area contributed by atoms with Crippen LogP contribution in [0.1, 0.15) is 28.9 Å². The lowest BCUT2D eigenvalue weighted by Gasteiger charge is -2.06. The molecule has 146 valence electrons. The number of hydrogen-bond donors (Lipinski definition) is 1. The van der Waals surface area contributed by atoms with Crippen molar-refractivity contribution in [2.45, 2.75) is 26.6 Å². The number of hydrogen-bond acceptors (Lipinski definition) is 6. The molecular weight excluding hydrogens is 388 g/mol. The Morgan fingerprint density at radius 1 is 1.36 bits per heavy atom. The van der Waals surface area contributed by atoms with Crippen molar-refractivity contribution in [2.24, 2.45) is 0 Å². The van der Waals surface area contributed by atoms with Gasteiger partial charge in [-0.3, -0.25) is 19.6 Å². The van der Waals surface area contributed by atoms with E-state index in [1.54, 1.807) is 10.7 Å². The van der Waals surface area contributed by atoms with Crippen LogP contribution in [0.25, 0.3) is 0 Å². The lowest BCUT2D eigenvalue weighted by Crippen LogP contribution is -2.22. The molecule has 2 heterocycles. The van der Waals surface area contributed by atoms with Gasteiger partial charge < -0.3 is 14.5 Å². The summed E-state index contributed by atoms with van der Waals surface area (Å²) in [5.74, 6) is 0.275. The van der Waals surface area contributed by atoms with Crippen molar-refractivity contribution in [3.05, 3.63) is 74.9 Å². The molecule has 0 saturated heterocycles. The summed E-state index contributed by atoms with van der Waals surface area (Å²) in [6.45, 7) is 2.98. The molecule has 9 nitrogen and oxygen atoms in total. The zero-order chi connectivity index (χ0) is 20.1. The molecule has 0 fully saturated rings. The van der Waals surface area contributed by atoms with Crippen molar-refractivity contribution in [1.29, 1.82) is 0 Å². The van der Waals surface area contributed by atoms with Gasteiger partial charge in [-0.25, -0.2) is 0 Å². The van der Waals surface area contributed by atoms with E-state index in [0.29, 0.717) is 5.76 Å². The summed E-state index contributed by atoms with van der Waals surface area (Å²) in [4.78, 5) is 22.5. The first kappa shape index (κ1) is 19.4. The second-order valence-corrected chi connectivity index (χ2v) is 6.18. The summed E-state index contributed by atoms with van der Waals surface area (Å²) in [5.41, 5.74) is 0.607. The lowest BCUT2D eigenvalue weighted by atomic mass is 10.3. The molecule has 3 rings (SSSR count). The Kier molecular flexibility index (Phi) is 5.95. The quantitative estimate of drug-likeness (QED) is 0.453. The fraction of sp³-hybridized carbons (Fsp3) is 0.222. The molecule has 0 unspecified atom stereocenters. The number of benzene rings is 1. The molecule has 1 aromatic carbocycles. The second-order valence-electron chi connectivity index (χ2n) is 5.77. The first-order valence-corrected chi connectivity index (χ1v) is 8.80. The van der Waals surface area contributed by atoms with Crippen molar-refractivity contribution in [3.8, 4) is 5.75 Å². The van der Waals surface area contributed by atoms with Crippen molar-refractivity contribution in [1.82, 2.24) is 15.1 Å². The van der Waals surface area contributed by atoms with E-state index in [1.165, 1.54) is 24.3 Å². The molecule has 1 amide bonds. The van der Waals surface area contributed by atoms with E-state index in [9.17, 15) is 14.9 Å². The van der Waals surface area contributed by atoms with Crippen LogP contribution < -0.4 is 10.1 Å². The normalized spacial score (nSPS) is 10.6. The molecule has 0 spiro atoms. The third-order valence-electron chi connectivity index (χ3n) is 3.83. The molecule has 28 heavy (non-hydrogen) atoms. The highest BCUT2D eigenvalue weighted by atomic mass is 35.5. The van der Waals surface area contributed by atoms with Crippen molar-refractivity contribution in [2.75, 3.05) is 0 Å². The molecule has 10 heteroatoms. The number of aromatic nitrogens is 2. The standard InChI is InChI=1S/C18H17ClN4O5/c1-2-22-8-7-12(21-22)10-20-18(24)16-6-4-14(28-16)11-27-17-9-13(23(25)26)3-5-15(17)19/h3-9H,2,10-11H2,1H3,(H,20,24). The summed E-state index contributed by atoms with van der Waals surface area (Å²) in [6, 6.07) is 8.84. The number of halogens is 1. The number of furan rings is 1. The van der Waals surface area contributed by atoms with Crippen LogP contribution in [-0.2, 0) is 19.7 Å². The number of carbonyl (C=O) groups excluding carboxylic acids is 1. The Balaban J connectivity index is 1.57. The molecule has 3 aromatic rings. The number of nitrogens with zero attached hydrogens (tertiary/aromatic N) is 3. The minimum absolute atomic E-state index is 0.0327. The third-order valence-corrected chi connectivity index (χ3v) is 4.14. The minimum atomic E-state index is -0.540. The van der Waals surface area contributed by atoms with Crippen LogP contribution >= 0.6 is 11.6 Å². The maximum atomic E-state index is 12.2. The summed E-state index contributed by atoms with van der Waals surface area (Å²) in [7, 11) is 0. The fourth-order valence-electron chi connectivity index (χ4n) is 2.37. The van der Waals surface area contributed by atoms with Crippen LogP contribution in [0.3, 0.4) is 0 Å². The second kappa shape index (κ2) is 8.57. The average Bonchev–Trinajstić information content (AvgIpc) is 3.34. The smallest absolute Gasteiger partial charge is 0.287 e. The lowest BCUT2D eigenvalue weighted by molar-refractivity contribution is -0.384. The number of ether oxygens (including phenoxy) is 1. The van der Waals surface area contributed by atoms with E-state index in [-0.39, 0.29) is 41.3 Å². The Hall–Kier alpha value is -3.33. The number of nitro groups is 1. The van der Waals surface area contributed by atoms with Crippen LogP contribution in [0.5, 0.6) is 5.75 Å². The van der Waals surface area contributed by atoms with Gasteiger partial charge in [-0.05, 0) is 31.2 Å². The van der Waals surface area contributed by atoms with Gasteiger partial charge in [0.25, 0.3) is 11.6 Å². The van der Waals surface area contributed by atoms with Gasteiger partial charge in [0.1, 0.15) is 18.1 Å². The highest BCUT2D eigenvalue weighted by molar-refractivity contribution is 6.32. The first-order chi connectivity index (χ1) is 13.5. The number of nitro benzene ring substituents is 1. The van der Waals surface area contributed by atoms with Crippen molar-refractivity contribution < 1.29 is 18.9 Å². The monoisotopic (exact) mass is 404 g/mol. The zero-order valence-electron chi connectivity index (χ0n) is 14.9. The maximum absolute atomic E-state index is 12.2. The Morgan fingerprint density at radius 3 is 2.89 bits per heavy atom. The van der Waals surface area contributed by atoms with E-state index in [4.69, 9.17) is 20.8 Å². The van der Waals surface area contributed by atoms with Crippen LogP contribution in [-0.4, -0.2) is 20.6 Å². The number of aryl methyl sites for hydroxylation is 1. The van der Waals surface area contributed by atoms with Crippen LogP contribution in [0.15, 0.2) is 47.0 Å². The van der Waals surface area contributed by atoms with Gasteiger partial charge in [0, 0.05) is 18.8 Å². The largest absolute Gasteiger partial charge is 0.484 e. The minimum Gasteiger partial charge on any atom is -0.484 e. The highest BCUT2D eigenvalue weighted by Gasteiger charge is 2.14. The molecule has 2 aromatic heterocycles. The molecular formula is C18H17ClN4O5. The van der Waals surface area contributed by atoms with Gasteiger partial charge in [-0.15, -0.1) is 0 Å². The Morgan fingerprint density at radius 2 is 2.18 bits per heavy atom. The summed E-state index contributed by atoms with van der Waals surface area (Å²) >= 11 is 5.98. The number of nitrogens with one attached hydrogen (secondary N) is 1. The molecule has 0 radical (unpaired) electrons. The van der Waals surface area contributed by atoms with Gasteiger partial charge >= 0.3 is 0 Å². The number of rotatable bonds is 8. The van der Waals surface area contributed by atoms with Crippen molar-refractivity contribution >= 4 is 23.2 Å². The zero-order valence-corrected chi connectivity index (χ0v) is 15.7. The highest BCUT2D eigenvalue weighted by Crippen LogP contribution is 2.29. The van der Waals surface area contributed by atoms with Crippen LogP contribution in [0, 0.1) is 10.1 Å². The summed E-state index contributed by atoms with van der Waals surface area (Å²) < 4.78 is 12.7. The Labute approximate surface area is 165 Å². The van der Waals surface area contributed by atoms with E-state index >= 15 is 0 Å². The average molecular weight is 405 g/mol. The topological polar surface area (TPSA) is 112 Å². The number of carbonyl (C=O) groups is 1.